The number of nitrogens with two attached hydrogens (primary N) is 2. The van der Waals surface area contributed by atoms with Crippen LogP contribution in [0.5, 0.6) is 0 Å². The van der Waals surface area contributed by atoms with Crippen molar-refractivity contribution in [2.75, 3.05) is 29.5 Å². The number of nitrogen functional groups attached to an aromatic ring is 2. The first-order valence-corrected chi connectivity index (χ1v) is 5.39. The summed E-state index contributed by atoms with van der Waals surface area (Å²) in [5, 5.41) is 0.408. The Morgan fingerprint density at radius 3 is 2.40 bits per heavy atom. The Balaban J connectivity index is 2.33. The maximum atomic E-state index is 6.05. The number of rotatable bonds is 1. The maximum Gasteiger partial charge on any atom is 0.224 e. The number of piperidine rings is 1. The lowest BCUT2D eigenvalue weighted by atomic mass is 10.1. The standard InChI is InChI=1S/C9H14ClN5/c10-6-7(11)13-9(12)14-8(6)15-4-2-1-3-5-15/h1-5H2,(H4,11,12,13,14). The Labute approximate surface area is 93.4 Å². The lowest BCUT2D eigenvalue weighted by Gasteiger charge is -2.28. The SMILES string of the molecule is Nc1nc(N)c(Cl)c(N2CCCCC2)n1. The van der Waals surface area contributed by atoms with E-state index in [1.807, 2.05) is 0 Å². The van der Waals surface area contributed by atoms with Crippen molar-refractivity contribution in [3.05, 3.63) is 5.02 Å². The molecule has 1 aliphatic rings. The van der Waals surface area contributed by atoms with Crippen LogP contribution in [0.15, 0.2) is 0 Å². The predicted molar refractivity (Wildman–Crippen MR) is 61.9 cm³/mol. The number of aromatic nitrogens is 2. The van der Waals surface area contributed by atoms with Gasteiger partial charge >= 0.3 is 0 Å². The molecule has 2 rings (SSSR count). The van der Waals surface area contributed by atoms with Gasteiger partial charge in [0.15, 0.2) is 5.82 Å². The van der Waals surface area contributed by atoms with E-state index in [2.05, 4.69) is 14.9 Å². The van der Waals surface area contributed by atoms with Crippen LogP contribution in [0.2, 0.25) is 5.02 Å². The van der Waals surface area contributed by atoms with Gasteiger partial charge in [-0.25, -0.2) is 0 Å². The summed E-state index contributed by atoms with van der Waals surface area (Å²) >= 11 is 6.05. The lowest BCUT2D eigenvalue weighted by molar-refractivity contribution is 0.573. The molecule has 0 aromatic carbocycles. The van der Waals surface area contributed by atoms with E-state index in [-0.39, 0.29) is 11.8 Å². The van der Waals surface area contributed by atoms with Crippen LogP contribution in [0.1, 0.15) is 19.3 Å². The molecule has 1 fully saturated rings. The Morgan fingerprint density at radius 2 is 1.73 bits per heavy atom. The summed E-state index contributed by atoms with van der Waals surface area (Å²) < 4.78 is 0. The molecule has 0 saturated carbocycles. The van der Waals surface area contributed by atoms with Crippen LogP contribution in [-0.2, 0) is 0 Å². The van der Waals surface area contributed by atoms with Gasteiger partial charge in [0.25, 0.3) is 0 Å². The Kier molecular flexibility index (Phi) is 2.81. The van der Waals surface area contributed by atoms with Crippen LogP contribution in [0.25, 0.3) is 0 Å². The van der Waals surface area contributed by atoms with Gasteiger partial charge in [0, 0.05) is 13.1 Å². The normalized spacial score (nSPS) is 16.7. The molecule has 2 heterocycles. The van der Waals surface area contributed by atoms with Crippen molar-refractivity contribution in [2.45, 2.75) is 19.3 Å². The van der Waals surface area contributed by atoms with Crippen LogP contribution >= 0.6 is 11.6 Å². The predicted octanol–water partition coefficient (Wildman–Crippen LogP) is 1.28. The van der Waals surface area contributed by atoms with Crippen LogP contribution in [0.3, 0.4) is 0 Å². The second kappa shape index (κ2) is 4.10. The van der Waals surface area contributed by atoms with Crippen molar-refractivity contribution in [3.63, 3.8) is 0 Å². The van der Waals surface area contributed by atoms with E-state index in [1.165, 1.54) is 6.42 Å². The Morgan fingerprint density at radius 1 is 1.07 bits per heavy atom. The molecule has 1 aromatic heterocycles. The topological polar surface area (TPSA) is 81.1 Å². The third-order valence-corrected chi connectivity index (χ3v) is 2.89. The first kappa shape index (κ1) is 10.3. The van der Waals surface area contributed by atoms with E-state index < -0.39 is 0 Å². The molecule has 15 heavy (non-hydrogen) atoms. The Hall–Kier alpha value is -1.23. The minimum atomic E-state index is 0.178. The van der Waals surface area contributed by atoms with Crippen molar-refractivity contribution < 1.29 is 0 Å². The molecule has 0 radical (unpaired) electrons. The second-order valence-corrected chi connectivity index (χ2v) is 4.03. The molecule has 0 unspecified atom stereocenters. The zero-order chi connectivity index (χ0) is 10.8. The molecule has 1 saturated heterocycles. The van der Waals surface area contributed by atoms with E-state index in [1.54, 1.807) is 0 Å². The van der Waals surface area contributed by atoms with E-state index >= 15 is 0 Å². The summed E-state index contributed by atoms with van der Waals surface area (Å²) in [6, 6.07) is 0. The molecule has 1 aliphatic heterocycles. The first-order valence-electron chi connectivity index (χ1n) is 5.02. The van der Waals surface area contributed by atoms with E-state index in [0.29, 0.717) is 10.8 Å². The maximum absolute atomic E-state index is 6.05. The summed E-state index contributed by atoms with van der Waals surface area (Å²) in [6.45, 7) is 1.91. The highest BCUT2D eigenvalue weighted by molar-refractivity contribution is 6.35. The molecule has 6 heteroatoms. The fourth-order valence-electron chi connectivity index (χ4n) is 1.78. The van der Waals surface area contributed by atoms with Gasteiger partial charge in [0.1, 0.15) is 10.8 Å². The summed E-state index contributed by atoms with van der Waals surface area (Å²) in [5.74, 6) is 1.10. The average Bonchev–Trinajstić information content (AvgIpc) is 2.24. The molecular weight excluding hydrogens is 214 g/mol. The fourth-order valence-corrected chi connectivity index (χ4v) is 1.99. The van der Waals surface area contributed by atoms with Gasteiger partial charge in [-0.2, -0.15) is 9.97 Å². The molecule has 0 atom stereocenters. The number of hydrogen-bond acceptors (Lipinski definition) is 5. The van der Waals surface area contributed by atoms with Crippen LogP contribution in [-0.4, -0.2) is 23.1 Å². The number of hydrogen-bond donors (Lipinski definition) is 2. The van der Waals surface area contributed by atoms with Gasteiger partial charge in [0.2, 0.25) is 5.95 Å². The molecule has 0 aliphatic carbocycles. The third-order valence-electron chi connectivity index (χ3n) is 2.53. The largest absolute Gasteiger partial charge is 0.382 e. The molecule has 1 aromatic rings. The van der Waals surface area contributed by atoms with Crippen LogP contribution in [0, 0.1) is 0 Å². The average molecular weight is 228 g/mol. The van der Waals surface area contributed by atoms with E-state index in [0.717, 1.165) is 25.9 Å². The van der Waals surface area contributed by atoms with Crippen molar-refractivity contribution in [3.8, 4) is 0 Å². The fraction of sp³-hybridized carbons (Fsp3) is 0.556. The smallest absolute Gasteiger partial charge is 0.224 e. The summed E-state index contributed by atoms with van der Waals surface area (Å²) in [4.78, 5) is 10.1. The zero-order valence-corrected chi connectivity index (χ0v) is 9.17. The summed E-state index contributed by atoms with van der Waals surface area (Å²) in [7, 11) is 0. The van der Waals surface area contributed by atoms with Crippen molar-refractivity contribution in [2.24, 2.45) is 0 Å². The van der Waals surface area contributed by atoms with Gasteiger partial charge in [-0.1, -0.05) is 11.6 Å². The summed E-state index contributed by atoms with van der Waals surface area (Å²) in [5.41, 5.74) is 11.2. The van der Waals surface area contributed by atoms with Gasteiger partial charge in [-0.3, -0.25) is 0 Å². The molecule has 0 bridgehead atoms. The highest BCUT2D eigenvalue weighted by Crippen LogP contribution is 2.30. The molecule has 4 N–H and O–H groups in total. The van der Waals surface area contributed by atoms with E-state index in [9.17, 15) is 0 Å². The highest BCUT2D eigenvalue weighted by Gasteiger charge is 2.18. The lowest BCUT2D eigenvalue weighted by Crippen LogP contribution is -2.31. The molecule has 5 nitrogen and oxygen atoms in total. The zero-order valence-electron chi connectivity index (χ0n) is 8.41. The van der Waals surface area contributed by atoms with Crippen molar-refractivity contribution in [1.82, 2.24) is 9.97 Å². The monoisotopic (exact) mass is 227 g/mol. The van der Waals surface area contributed by atoms with Crippen LogP contribution < -0.4 is 16.4 Å². The van der Waals surface area contributed by atoms with E-state index in [4.69, 9.17) is 23.1 Å². The quantitative estimate of drug-likeness (QED) is 0.756. The minimum Gasteiger partial charge on any atom is -0.382 e. The minimum absolute atomic E-state index is 0.178. The van der Waals surface area contributed by atoms with Gasteiger partial charge in [-0.15, -0.1) is 0 Å². The van der Waals surface area contributed by atoms with Crippen molar-refractivity contribution in [1.29, 1.82) is 0 Å². The molecule has 0 spiro atoms. The number of anilines is 3. The highest BCUT2D eigenvalue weighted by atomic mass is 35.5. The molecule has 0 amide bonds. The molecular formula is C9H14ClN5. The first-order chi connectivity index (χ1) is 7.18. The Bertz CT molecular complexity index is 362. The number of nitrogens with zero attached hydrogens (tertiary/aromatic N) is 3. The van der Waals surface area contributed by atoms with Crippen molar-refractivity contribution >= 4 is 29.2 Å². The van der Waals surface area contributed by atoms with Gasteiger partial charge in [-0.05, 0) is 19.3 Å². The van der Waals surface area contributed by atoms with Gasteiger partial charge < -0.3 is 16.4 Å². The van der Waals surface area contributed by atoms with Crippen LogP contribution in [0.4, 0.5) is 17.6 Å². The summed E-state index contributed by atoms with van der Waals surface area (Å²) in [6.07, 6.45) is 3.56. The number of halogens is 1. The van der Waals surface area contributed by atoms with Gasteiger partial charge in [0.05, 0.1) is 0 Å². The molecule has 82 valence electrons. The second-order valence-electron chi connectivity index (χ2n) is 3.65. The third kappa shape index (κ3) is 2.07.